The maximum absolute atomic E-state index is 6.59. The van der Waals surface area contributed by atoms with E-state index in [0.29, 0.717) is 33.0 Å². The van der Waals surface area contributed by atoms with E-state index in [-0.39, 0.29) is 5.54 Å². The van der Waals surface area contributed by atoms with Crippen molar-refractivity contribution in [2.24, 2.45) is 11.5 Å². The van der Waals surface area contributed by atoms with E-state index in [1.807, 2.05) is 27.7 Å². The van der Waals surface area contributed by atoms with Gasteiger partial charge in [0.25, 0.3) is 0 Å². The largest absolute Gasteiger partial charge is 0.395 e. The number of nitrogens with two attached hydrogens (primary N) is 2. The zero-order chi connectivity index (χ0) is 20.1. The SMILES string of the molecule is CCO[Si](C)(CCCC(N)(CN)CCC[Si](C)(OCC)OCC)OCC. The van der Waals surface area contributed by atoms with Crippen LogP contribution in [0.4, 0.5) is 0 Å². The summed E-state index contributed by atoms with van der Waals surface area (Å²) >= 11 is 0. The second-order valence-corrected chi connectivity index (χ2v) is 14.0. The van der Waals surface area contributed by atoms with E-state index in [1.165, 1.54) is 0 Å². The molecule has 0 aromatic rings. The highest BCUT2D eigenvalue weighted by Gasteiger charge is 2.34. The van der Waals surface area contributed by atoms with Gasteiger partial charge in [-0.05, 0) is 78.6 Å². The van der Waals surface area contributed by atoms with Gasteiger partial charge in [-0.1, -0.05) is 0 Å². The molecule has 0 fully saturated rings. The maximum atomic E-state index is 6.59. The van der Waals surface area contributed by atoms with Crippen molar-refractivity contribution < 1.29 is 17.7 Å². The first-order valence-electron chi connectivity index (χ1n) is 10.3. The summed E-state index contributed by atoms with van der Waals surface area (Å²) in [6.07, 6.45) is 3.77. The van der Waals surface area contributed by atoms with Gasteiger partial charge in [0.05, 0.1) is 0 Å². The minimum Gasteiger partial charge on any atom is -0.395 e. The summed E-state index contributed by atoms with van der Waals surface area (Å²) in [6, 6.07) is 1.91. The van der Waals surface area contributed by atoms with Crippen molar-refractivity contribution in [3.8, 4) is 0 Å². The highest BCUT2D eigenvalue weighted by atomic mass is 28.4. The smallest absolute Gasteiger partial charge is 0.334 e. The fraction of sp³-hybridized carbons (Fsp3) is 1.00. The molecule has 0 bridgehead atoms. The summed E-state index contributed by atoms with van der Waals surface area (Å²) in [4.78, 5) is 0. The second-order valence-electron chi connectivity index (χ2n) is 7.27. The molecule has 0 spiro atoms. The molecule has 0 saturated carbocycles. The summed E-state index contributed by atoms with van der Waals surface area (Å²) in [6.45, 7) is 15.7. The normalized spacial score (nSPS) is 13.4. The van der Waals surface area contributed by atoms with Crippen LogP contribution < -0.4 is 11.5 Å². The number of hydrogen-bond acceptors (Lipinski definition) is 6. The van der Waals surface area contributed by atoms with Gasteiger partial charge in [-0.25, -0.2) is 0 Å². The molecule has 6 nitrogen and oxygen atoms in total. The van der Waals surface area contributed by atoms with Gasteiger partial charge in [0.2, 0.25) is 0 Å². The van der Waals surface area contributed by atoms with E-state index >= 15 is 0 Å². The Balaban J connectivity index is 4.50. The Labute approximate surface area is 163 Å². The minimum absolute atomic E-state index is 0.332. The first-order valence-corrected chi connectivity index (χ1v) is 15.3. The van der Waals surface area contributed by atoms with Crippen LogP contribution in [-0.2, 0) is 17.7 Å². The summed E-state index contributed by atoms with van der Waals surface area (Å²) in [7, 11) is -4.15. The van der Waals surface area contributed by atoms with Crippen molar-refractivity contribution in [2.45, 2.75) is 84.1 Å². The molecular formula is C18H44N2O4Si2. The average Bonchev–Trinajstić information content (AvgIpc) is 2.55. The topological polar surface area (TPSA) is 89.0 Å². The van der Waals surface area contributed by atoms with Gasteiger partial charge in [-0.3, -0.25) is 0 Å². The molecule has 0 aliphatic rings. The molecule has 0 aliphatic heterocycles. The Morgan fingerprint density at radius 3 is 1.23 bits per heavy atom. The zero-order valence-electron chi connectivity index (χ0n) is 18.1. The summed E-state index contributed by atoms with van der Waals surface area (Å²) < 4.78 is 23.7. The molecule has 0 unspecified atom stereocenters. The third-order valence-electron chi connectivity index (χ3n) is 4.82. The van der Waals surface area contributed by atoms with E-state index in [0.717, 1.165) is 37.8 Å². The lowest BCUT2D eigenvalue weighted by Crippen LogP contribution is -2.48. The van der Waals surface area contributed by atoms with Crippen molar-refractivity contribution >= 4 is 17.1 Å². The Bertz CT molecular complexity index is 322. The van der Waals surface area contributed by atoms with Crippen molar-refractivity contribution in [3.05, 3.63) is 0 Å². The molecule has 8 heteroatoms. The van der Waals surface area contributed by atoms with Crippen LogP contribution in [0.5, 0.6) is 0 Å². The molecule has 0 aromatic heterocycles. The zero-order valence-corrected chi connectivity index (χ0v) is 20.1. The number of hydrogen-bond donors (Lipinski definition) is 2. The lowest BCUT2D eigenvalue weighted by molar-refractivity contribution is 0.186. The lowest BCUT2D eigenvalue weighted by atomic mass is 9.90. The minimum atomic E-state index is -2.07. The molecule has 4 N–H and O–H groups in total. The van der Waals surface area contributed by atoms with Gasteiger partial charge in [-0.15, -0.1) is 0 Å². The van der Waals surface area contributed by atoms with Crippen LogP contribution in [-0.4, -0.2) is 55.6 Å². The van der Waals surface area contributed by atoms with Crippen LogP contribution in [0.3, 0.4) is 0 Å². The van der Waals surface area contributed by atoms with Crippen molar-refractivity contribution in [3.63, 3.8) is 0 Å². The summed E-state index contributed by atoms with van der Waals surface area (Å²) in [5.74, 6) is 0. The van der Waals surface area contributed by atoms with Gasteiger partial charge in [0, 0.05) is 38.5 Å². The molecule has 0 aliphatic carbocycles. The van der Waals surface area contributed by atoms with Crippen LogP contribution in [0.15, 0.2) is 0 Å². The molecule has 158 valence electrons. The summed E-state index contributed by atoms with van der Waals surface area (Å²) in [5.41, 5.74) is 12.3. The Kier molecular flexibility index (Phi) is 13.5. The van der Waals surface area contributed by atoms with Gasteiger partial charge in [-0.2, -0.15) is 0 Å². The fourth-order valence-electron chi connectivity index (χ4n) is 3.45. The highest BCUT2D eigenvalue weighted by Crippen LogP contribution is 2.25. The molecule has 0 heterocycles. The quantitative estimate of drug-likeness (QED) is 0.358. The second kappa shape index (κ2) is 13.4. The molecule has 0 radical (unpaired) electrons. The van der Waals surface area contributed by atoms with E-state index in [4.69, 9.17) is 29.2 Å². The fourth-order valence-corrected chi connectivity index (χ4v) is 8.27. The molecule has 0 aromatic carbocycles. The Morgan fingerprint density at radius 2 is 1.00 bits per heavy atom. The average molecular weight is 409 g/mol. The van der Waals surface area contributed by atoms with Crippen LogP contribution in [0.25, 0.3) is 0 Å². The predicted molar refractivity (Wildman–Crippen MR) is 114 cm³/mol. The third-order valence-corrected chi connectivity index (χ3v) is 10.9. The van der Waals surface area contributed by atoms with E-state index in [2.05, 4.69) is 13.1 Å². The standard InChI is InChI=1S/C18H44N2O4Si2/c1-7-21-25(5,22-8-2)15-11-13-18(20,17-19)14-12-16-26(6,23-9-3)24-10-4/h7-17,19-20H2,1-6H3. The first kappa shape index (κ1) is 26.2. The highest BCUT2D eigenvalue weighted by molar-refractivity contribution is 6.66. The molecular weight excluding hydrogens is 364 g/mol. The molecule has 0 atom stereocenters. The molecule has 26 heavy (non-hydrogen) atoms. The van der Waals surface area contributed by atoms with E-state index in [9.17, 15) is 0 Å². The van der Waals surface area contributed by atoms with Crippen molar-refractivity contribution in [2.75, 3.05) is 33.0 Å². The molecule has 0 saturated heterocycles. The van der Waals surface area contributed by atoms with Gasteiger partial charge in [0.15, 0.2) is 0 Å². The molecule has 0 rings (SSSR count). The maximum Gasteiger partial charge on any atom is 0.334 e. The first-order chi connectivity index (χ1) is 12.2. The predicted octanol–water partition coefficient (Wildman–Crippen LogP) is 3.49. The monoisotopic (exact) mass is 408 g/mol. The van der Waals surface area contributed by atoms with Crippen LogP contribution in [0.1, 0.15) is 53.4 Å². The van der Waals surface area contributed by atoms with Crippen LogP contribution >= 0.6 is 0 Å². The van der Waals surface area contributed by atoms with Crippen LogP contribution in [0, 0.1) is 0 Å². The Morgan fingerprint density at radius 1 is 0.692 bits per heavy atom. The number of rotatable bonds is 17. The lowest BCUT2D eigenvalue weighted by Gasteiger charge is -2.32. The van der Waals surface area contributed by atoms with Gasteiger partial charge >= 0.3 is 17.1 Å². The summed E-state index contributed by atoms with van der Waals surface area (Å²) in [5, 5.41) is 0. The van der Waals surface area contributed by atoms with Gasteiger partial charge in [0.1, 0.15) is 0 Å². The molecule has 0 amide bonds. The van der Waals surface area contributed by atoms with Gasteiger partial charge < -0.3 is 29.2 Å². The van der Waals surface area contributed by atoms with Crippen molar-refractivity contribution in [1.82, 2.24) is 0 Å². The van der Waals surface area contributed by atoms with Crippen molar-refractivity contribution in [1.29, 1.82) is 0 Å². The van der Waals surface area contributed by atoms with E-state index < -0.39 is 17.1 Å². The third kappa shape index (κ3) is 10.5. The Hall–Kier alpha value is 0.194. The van der Waals surface area contributed by atoms with Crippen LogP contribution in [0.2, 0.25) is 25.2 Å². The van der Waals surface area contributed by atoms with E-state index in [1.54, 1.807) is 0 Å².